The number of benzene rings is 1. The summed E-state index contributed by atoms with van der Waals surface area (Å²) in [6.07, 6.45) is 0. The highest BCUT2D eigenvalue weighted by atomic mass is 35.5. The number of phosphoric acid groups is 1. The Hall–Kier alpha value is -0.580. The van der Waals surface area contributed by atoms with Crippen LogP contribution in [0.1, 0.15) is 19.4 Å². The van der Waals surface area contributed by atoms with Crippen molar-refractivity contribution in [3.05, 3.63) is 40.1 Å². The number of hydrogen-bond acceptors (Lipinski definition) is 4. The molecule has 112 valence electrons. The Bertz CT molecular complexity index is 526. The van der Waals surface area contributed by atoms with E-state index >= 15 is 0 Å². The minimum Gasteiger partial charge on any atom is -0.402 e. The zero-order chi connectivity index (χ0) is 15.2. The van der Waals surface area contributed by atoms with Gasteiger partial charge in [0.05, 0.1) is 18.8 Å². The van der Waals surface area contributed by atoms with Gasteiger partial charge in [-0.2, -0.15) is 0 Å². The van der Waals surface area contributed by atoms with E-state index in [9.17, 15) is 8.96 Å². The van der Waals surface area contributed by atoms with Crippen LogP contribution in [0.25, 0.3) is 5.76 Å². The van der Waals surface area contributed by atoms with Gasteiger partial charge >= 0.3 is 7.82 Å². The number of phosphoric ester groups is 1. The number of hydrogen-bond donors (Lipinski definition) is 0. The molecule has 1 rings (SSSR count). The van der Waals surface area contributed by atoms with Crippen molar-refractivity contribution in [2.75, 3.05) is 13.2 Å². The van der Waals surface area contributed by atoms with Gasteiger partial charge in [0.25, 0.3) is 0 Å². The highest BCUT2D eigenvalue weighted by molar-refractivity contribution is 7.48. The van der Waals surface area contributed by atoms with E-state index in [1.165, 1.54) is 12.1 Å². The Labute approximate surface area is 127 Å². The van der Waals surface area contributed by atoms with Crippen molar-refractivity contribution < 1.29 is 22.5 Å². The molecule has 0 aliphatic heterocycles. The molecule has 0 N–H and O–H groups in total. The summed E-state index contributed by atoms with van der Waals surface area (Å²) < 4.78 is 41.1. The number of rotatable bonds is 7. The van der Waals surface area contributed by atoms with Crippen LogP contribution in [0.4, 0.5) is 4.39 Å². The molecule has 1 aromatic carbocycles. The quantitative estimate of drug-likeness (QED) is 0.503. The first-order chi connectivity index (χ1) is 9.45. The van der Waals surface area contributed by atoms with Crippen molar-refractivity contribution in [2.24, 2.45) is 0 Å². The van der Waals surface area contributed by atoms with E-state index in [2.05, 4.69) is 0 Å². The van der Waals surface area contributed by atoms with Crippen LogP contribution in [0.5, 0.6) is 0 Å². The van der Waals surface area contributed by atoms with E-state index in [4.69, 9.17) is 36.8 Å². The van der Waals surface area contributed by atoms with E-state index < -0.39 is 13.6 Å². The van der Waals surface area contributed by atoms with Gasteiger partial charge in [-0.15, -0.1) is 0 Å². The van der Waals surface area contributed by atoms with Gasteiger partial charge in [-0.3, -0.25) is 9.05 Å². The Morgan fingerprint density at radius 3 is 2.40 bits per heavy atom. The van der Waals surface area contributed by atoms with Crippen LogP contribution in [0.3, 0.4) is 0 Å². The second-order valence-electron chi connectivity index (χ2n) is 3.47. The molecular formula is C12H14Cl2FO4P. The summed E-state index contributed by atoms with van der Waals surface area (Å²) in [5.41, 5.74) is 0.959. The maximum Gasteiger partial charge on any atom is 0.530 e. The van der Waals surface area contributed by atoms with Crippen LogP contribution in [-0.4, -0.2) is 13.2 Å². The Balaban J connectivity index is 3.05. The Kier molecular flexibility index (Phi) is 7.00. The highest BCUT2D eigenvalue weighted by Gasteiger charge is 2.29. The largest absolute Gasteiger partial charge is 0.530 e. The first kappa shape index (κ1) is 17.5. The van der Waals surface area contributed by atoms with Crippen LogP contribution in [0.2, 0.25) is 5.02 Å². The lowest BCUT2D eigenvalue weighted by atomic mass is 10.2. The second-order valence-corrected chi connectivity index (χ2v) is 5.72. The van der Waals surface area contributed by atoms with Gasteiger partial charge in [-0.05, 0) is 32.0 Å². The normalized spacial score (nSPS) is 12.6. The van der Waals surface area contributed by atoms with Gasteiger partial charge in [-0.1, -0.05) is 23.2 Å². The Morgan fingerprint density at radius 1 is 1.35 bits per heavy atom. The molecule has 0 fully saturated rings. The molecule has 0 atom stereocenters. The lowest BCUT2D eigenvalue weighted by molar-refractivity contribution is 0.159. The maximum atomic E-state index is 13.8. The fraction of sp³-hybridized carbons (Fsp3) is 0.333. The maximum absolute atomic E-state index is 13.8. The molecule has 0 aliphatic carbocycles. The minimum atomic E-state index is -3.84. The molecule has 0 spiro atoms. The van der Waals surface area contributed by atoms with Crippen molar-refractivity contribution in [3.8, 4) is 0 Å². The molecule has 0 saturated heterocycles. The lowest BCUT2D eigenvalue weighted by Gasteiger charge is -2.19. The molecular weight excluding hydrogens is 329 g/mol. The lowest BCUT2D eigenvalue weighted by Crippen LogP contribution is -2.01. The van der Waals surface area contributed by atoms with E-state index in [0.717, 1.165) is 11.6 Å². The third-order valence-electron chi connectivity index (χ3n) is 2.08. The molecule has 0 saturated carbocycles. The summed E-state index contributed by atoms with van der Waals surface area (Å²) in [4.78, 5) is 0. The average Bonchev–Trinajstić information content (AvgIpc) is 2.37. The summed E-state index contributed by atoms with van der Waals surface area (Å²) >= 11 is 11.3. The van der Waals surface area contributed by atoms with E-state index in [1.807, 2.05) is 0 Å². The standard InChI is InChI=1S/C12H14Cl2FO4P/c1-3-17-20(16,18-4-2)19-12(8-13)10-6-5-9(14)7-11(10)15/h5-8H,3-4H2,1-2H3/b12-8+. The molecule has 1 aromatic rings. The summed E-state index contributed by atoms with van der Waals surface area (Å²) in [6.45, 7) is 3.47. The Morgan fingerprint density at radius 2 is 1.95 bits per heavy atom. The molecule has 4 nitrogen and oxygen atoms in total. The van der Waals surface area contributed by atoms with Crippen LogP contribution in [0, 0.1) is 5.82 Å². The highest BCUT2D eigenvalue weighted by Crippen LogP contribution is 2.53. The monoisotopic (exact) mass is 342 g/mol. The zero-order valence-corrected chi connectivity index (χ0v) is 13.3. The minimum absolute atomic E-state index is 0.00373. The van der Waals surface area contributed by atoms with Gasteiger partial charge in [-0.25, -0.2) is 8.96 Å². The summed E-state index contributed by atoms with van der Waals surface area (Å²) in [7, 11) is -3.84. The van der Waals surface area contributed by atoms with Crippen molar-refractivity contribution in [1.29, 1.82) is 0 Å². The van der Waals surface area contributed by atoms with Crippen molar-refractivity contribution >= 4 is 36.8 Å². The topological polar surface area (TPSA) is 44.8 Å². The predicted molar refractivity (Wildman–Crippen MR) is 77.2 cm³/mol. The number of halogens is 3. The summed E-state index contributed by atoms with van der Waals surface area (Å²) in [6, 6.07) is 3.90. The predicted octanol–water partition coefficient (Wildman–Crippen LogP) is 5.21. The molecule has 0 heterocycles. The SMILES string of the molecule is CCOP(=O)(OCC)O/C(=C/Cl)c1ccc(Cl)cc1F. The van der Waals surface area contributed by atoms with Crippen LogP contribution in [0.15, 0.2) is 23.7 Å². The van der Waals surface area contributed by atoms with E-state index in [0.29, 0.717) is 0 Å². The molecule has 0 unspecified atom stereocenters. The summed E-state index contributed by atoms with van der Waals surface area (Å²) in [5, 5.41) is 0.220. The molecule has 0 radical (unpaired) electrons. The van der Waals surface area contributed by atoms with Crippen molar-refractivity contribution in [2.45, 2.75) is 13.8 Å². The molecule has 8 heteroatoms. The smallest absolute Gasteiger partial charge is 0.402 e. The van der Waals surface area contributed by atoms with Crippen molar-refractivity contribution in [1.82, 2.24) is 0 Å². The van der Waals surface area contributed by atoms with Crippen molar-refractivity contribution in [3.63, 3.8) is 0 Å². The first-order valence-electron chi connectivity index (χ1n) is 5.80. The summed E-state index contributed by atoms with van der Waals surface area (Å²) in [5.74, 6) is -0.824. The van der Waals surface area contributed by atoms with Crippen LogP contribution in [-0.2, 0) is 18.1 Å². The van der Waals surface area contributed by atoms with Gasteiger partial charge in [0.1, 0.15) is 5.82 Å². The van der Waals surface area contributed by atoms with E-state index in [1.54, 1.807) is 13.8 Å². The molecule has 0 aromatic heterocycles. The third kappa shape index (κ3) is 4.76. The van der Waals surface area contributed by atoms with Crippen LogP contribution < -0.4 is 0 Å². The first-order valence-corrected chi connectivity index (χ1v) is 8.07. The average molecular weight is 343 g/mol. The van der Waals surface area contributed by atoms with E-state index in [-0.39, 0.29) is 29.6 Å². The third-order valence-corrected chi connectivity index (χ3v) is 4.08. The fourth-order valence-electron chi connectivity index (χ4n) is 1.34. The zero-order valence-electron chi connectivity index (χ0n) is 10.9. The van der Waals surface area contributed by atoms with Gasteiger partial charge in [0.15, 0.2) is 5.76 Å². The van der Waals surface area contributed by atoms with Crippen LogP contribution >= 0.6 is 31.0 Å². The fourth-order valence-corrected chi connectivity index (χ4v) is 2.93. The van der Waals surface area contributed by atoms with Gasteiger partial charge in [0.2, 0.25) is 0 Å². The molecule has 0 aliphatic rings. The van der Waals surface area contributed by atoms with Gasteiger partial charge < -0.3 is 4.52 Å². The van der Waals surface area contributed by atoms with Gasteiger partial charge in [0, 0.05) is 10.6 Å². The second kappa shape index (κ2) is 8.01. The molecule has 0 bridgehead atoms. The molecule has 0 amide bonds. The molecule has 20 heavy (non-hydrogen) atoms.